The summed E-state index contributed by atoms with van der Waals surface area (Å²) in [4.78, 5) is 15.8. The molecule has 1 heterocycles. The zero-order valence-electron chi connectivity index (χ0n) is 9.95. The molecule has 0 aromatic heterocycles. The Morgan fingerprint density at radius 3 is 2.50 bits per heavy atom. The second-order valence-electron chi connectivity index (χ2n) is 4.78. The van der Waals surface area contributed by atoms with Crippen molar-refractivity contribution in [3.8, 4) is 0 Å². The van der Waals surface area contributed by atoms with Crippen molar-refractivity contribution < 1.29 is 4.79 Å². The second-order valence-corrected chi connectivity index (χ2v) is 4.78. The predicted molar refractivity (Wildman–Crippen MR) is 58.1 cm³/mol. The lowest BCUT2D eigenvalue weighted by molar-refractivity contribution is -0.134. The van der Waals surface area contributed by atoms with Gasteiger partial charge >= 0.3 is 0 Å². The van der Waals surface area contributed by atoms with Crippen molar-refractivity contribution in [3.63, 3.8) is 0 Å². The van der Waals surface area contributed by atoms with Gasteiger partial charge in [0.2, 0.25) is 5.91 Å². The van der Waals surface area contributed by atoms with Gasteiger partial charge in [-0.1, -0.05) is 13.8 Å². The summed E-state index contributed by atoms with van der Waals surface area (Å²) in [6, 6.07) is 1.25. The number of amides is 1. The Kier molecular flexibility index (Phi) is 3.53. The van der Waals surface area contributed by atoms with Gasteiger partial charge in [0.05, 0.1) is 0 Å². The zero-order chi connectivity index (χ0) is 10.9. The number of hydrogen-bond donors (Lipinski definition) is 0. The average molecular weight is 198 g/mol. The second kappa shape index (κ2) is 4.30. The highest BCUT2D eigenvalue weighted by Gasteiger charge is 2.33. The van der Waals surface area contributed by atoms with E-state index in [0.29, 0.717) is 12.1 Å². The summed E-state index contributed by atoms with van der Waals surface area (Å²) in [6.07, 6.45) is 1.21. The van der Waals surface area contributed by atoms with Crippen molar-refractivity contribution in [2.45, 2.75) is 39.3 Å². The average Bonchev–Trinajstić information content (AvgIpc) is 2.15. The molecule has 2 unspecified atom stereocenters. The van der Waals surface area contributed by atoms with Crippen LogP contribution in [-0.4, -0.2) is 48.4 Å². The number of rotatable bonds is 3. The Bertz CT molecular complexity index is 215. The lowest BCUT2D eigenvalue weighted by Crippen LogP contribution is -2.57. The summed E-state index contributed by atoms with van der Waals surface area (Å²) in [5, 5.41) is 0. The highest BCUT2D eigenvalue weighted by molar-refractivity contribution is 5.77. The largest absolute Gasteiger partial charge is 0.344 e. The minimum Gasteiger partial charge on any atom is -0.344 e. The molecule has 0 aliphatic carbocycles. The molecule has 0 spiro atoms. The fourth-order valence-corrected chi connectivity index (χ4v) is 2.00. The molecular formula is C11H22N2O. The van der Waals surface area contributed by atoms with Crippen LogP contribution in [0.5, 0.6) is 0 Å². The van der Waals surface area contributed by atoms with E-state index in [1.54, 1.807) is 0 Å². The van der Waals surface area contributed by atoms with Crippen LogP contribution in [0.2, 0.25) is 0 Å². The van der Waals surface area contributed by atoms with Crippen LogP contribution >= 0.6 is 0 Å². The third-order valence-corrected chi connectivity index (χ3v) is 3.24. The molecule has 1 fully saturated rings. The molecular weight excluding hydrogens is 176 g/mol. The lowest BCUT2D eigenvalue weighted by atomic mass is 9.95. The number of likely N-dealkylation sites (N-methyl/N-ethyl adjacent to an activating group) is 2. The summed E-state index contributed by atoms with van der Waals surface area (Å²) < 4.78 is 0. The van der Waals surface area contributed by atoms with Gasteiger partial charge in [-0.05, 0) is 20.4 Å². The summed E-state index contributed by atoms with van der Waals surface area (Å²) >= 11 is 0. The van der Waals surface area contributed by atoms with Gasteiger partial charge in [-0.3, -0.25) is 9.69 Å². The van der Waals surface area contributed by atoms with E-state index in [9.17, 15) is 4.79 Å². The van der Waals surface area contributed by atoms with E-state index in [4.69, 9.17) is 0 Å². The van der Waals surface area contributed by atoms with Gasteiger partial charge in [0.15, 0.2) is 0 Å². The fourth-order valence-electron chi connectivity index (χ4n) is 2.00. The van der Waals surface area contributed by atoms with Gasteiger partial charge in [0.25, 0.3) is 0 Å². The maximum absolute atomic E-state index is 11.6. The van der Waals surface area contributed by atoms with Gasteiger partial charge in [-0.25, -0.2) is 0 Å². The van der Waals surface area contributed by atoms with Gasteiger partial charge in [-0.2, -0.15) is 0 Å². The number of likely N-dealkylation sites (tertiary alicyclic amines) is 1. The van der Waals surface area contributed by atoms with Crippen molar-refractivity contribution in [2.75, 3.05) is 20.6 Å². The van der Waals surface area contributed by atoms with Gasteiger partial charge < -0.3 is 4.90 Å². The number of hydrogen-bond acceptors (Lipinski definition) is 2. The van der Waals surface area contributed by atoms with Crippen molar-refractivity contribution >= 4 is 5.91 Å². The first kappa shape index (κ1) is 11.5. The molecule has 82 valence electrons. The molecule has 0 saturated carbocycles. The number of carbonyl (C=O) groups excluding carboxylic acids is 1. The summed E-state index contributed by atoms with van der Waals surface area (Å²) in [7, 11) is 4.03. The maximum atomic E-state index is 11.6. The highest BCUT2D eigenvalue weighted by Crippen LogP contribution is 2.23. The standard InChI is InChI=1S/C11H22N2O/c1-8(2)11(14)12(4)7-10-6-9(3)13(10)5/h8-10H,6-7H2,1-5H3. The smallest absolute Gasteiger partial charge is 0.224 e. The summed E-state index contributed by atoms with van der Waals surface area (Å²) in [5.74, 6) is 0.362. The minimum absolute atomic E-state index is 0.114. The van der Waals surface area contributed by atoms with E-state index in [1.807, 2.05) is 25.8 Å². The number of carbonyl (C=O) groups is 1. The van der Waals surface area contributed by atoms with E-state index in [0.717, 1.165) is 6.54 Å². The monoisotopic (exact) mass is 198 g/mol. The van der Waals surface area contributed by atoms with Crippen LogP contribution in [0.4, 0.5) is 0 Å². The lowest BCUT2D eigenvalue weighted by Gasteiger charge is -2.46. The maximum Gasteiger partial charge on any atom is 0.224 e. The molecule has 1 aliphatic rings. The molecule has 0 radical (unpaired) electrons. The molecule has 0 aromatic carbocycles. The van der Waals surface area contributed by atoms with E-state index in [2.05, 4.69) is 18.9 Å². The Labute approximate surface area is 87.1 Å². The van der Waals surface area contributed by atoms with Crippen molar-refractivity contribution in [1.29, 1.82) is 0 Å². The van der Waals surface area contributed by atoms with Crippen LogP contribution < -0.4 is 0 Å². The van der Waals surface area contributed by atoms with E-state index in [1.165, 1.54) is 6.42 Å². The molecule has 3 heteroatoms. The van der Waals surface area contributed by atoms with Crippen molar-refractivity contribution in [2.24, 2.45) is 5.92 Å². The Morgan fingerprint density at radius 2 is 2.14 bits per heavy atom. The van der Waals surface area contributed by atoms with E-state index < -0.39 is 0 Å². The third-order valence-electron chi connectivity index (χ3n) is 3.24. The van der Waals surface area contributed by atoms with Crippen LogP contribution in [0.1, 0.15) is 27.2 Å². The molecule has 1 aliphatic heterocycles. The molecule has 1 rings (SSSR count). The molecule has 1 saturated heterocycles. The van der Waals surface area contributed by atoms with E-state index >= 15 is 0 Å². The third kappa shape index (κ3) is 2.27. The van der Waals surface area contributed by atoms with Crippen LogP contribution in [0.3, 0.4) is 0 Å². The molecule has 2 atom stereocenters. The zero-order valence-corrected chi connectivity index (χ0v) is 9.95. The van der Waals surface area contributed by atoms with Crippen LogP contribution in [0.15, 0.2) is 0 Å². The van der Waals surface area contributed by atoms with Crippen LogP contribution in [0.25, 0.3) is 0 Å². The summed E-state index contributed by atoms with van der Waals surface area (Å²) in [6.45, 7) is 7.00. The SMILES string of the molecule is CC(C)C(=O)N(C)CC1CC(C)N1C. The van der Waals surface area contributed by atoms with Gasteiger partial charge in [0.1, 0.15) is 0 Å². The predicted octanol–water partition coefficient (Wildman–Crippen LogP) is 1.19. The first-order chi connectivity index (χ1) is 6.43. The molecule has 0 aromatic rings. The van der Waals surface area contributed by atoms with E-state index in [-0.39, 0.29) is 11.8 Å². The number of nitrogens with zero attached hydrogens (tertiary/aromatic N) is 2. The van der Waals surface area contributed by atoms with Crippen molar-refractivity contribution in [1.82, 2.24) is 9.80 Å². The van der Waals surface area contributed by atoms with Crippen molar-refractivity contribution in [3.05, 3.63) is 0 Å². The van der Waals surface area contributed by atoms with Crippen LogP contribution in [0, 0.1) is 5.92 Å². The molecule has 3 nitrogen and oxygen atoms in total. The molecule has 0 bridgehead atoms. The van der Waals surface area contributed by atoms with Gasteiger partial charge in [-0.15, -0.1) is 0 Å². The molecule has 1 amide bonds. The minimum atomic E-state index is 0.114. The molecule has 14 heavy (non-hydrogen) atoms. The first-order valence-electron chi connectivity index (χ1n) is 5.40. The highest BCUT2D eigenvalue weighted by atomic mass is 16.2. The Balaban J connectivity index is 2.35. The Hall–Kier alpha value is -0.570. The summed E-state index contributed by atoms with van der Waals surface area (Å²) in [5.41, 5.74) is 0. The first-order valence-corrected chi connectivity index (χ1v) is 5.40. The topological polar surface area (TPSA) is 23.6 Å². The van der Waals surface area contributed by atoms with Gasteiger partial charge in [0, 0.05) is 31.6 Å². The molecule has 0 N–H and O–H groups in total. The fraction of sp³-hybridized carbons (Fsp3) is 0.909. The van der Waals surface area contributed by atoms with Crippen LogP contribution in [-0.2, 0) is 4.79 Å². The quantitative estimate of drug-likeness (QED) is 0.680. The normalized spacial score (nSPS) is 27.6. The Morgan fingerprint density at radius 1 is 1.57 bits per heavy atom.